The highest BCUT2D eigenvalue weighted by Gasteiger charge is 2.40. The topological polar surface area (TPSA) is 66.4 Å². The van der Waals surface area contributed by atoms with E-state index in [1.165, 1.54) is 21.5 Å². The van der Waals surface area contributed by atoms with E-state index in [0.29, 0.717) is 11.7 Å². The first-order chi connectivity index (χ1) is 27.5. The number of ether oxygens (including phenoxy) is 5. The van der Waals surface area contributed by atoms with E-state index in [-0.39, 0.29) is 12.0 Å². The van der Waals surface area contributed by atoms with Gasteiger partial charge in [-0.1, -0.05) is 91.3 Å². The summed E-state index contributed by atoms with van der Waals surface area (Å²) in [5.74, 6) is 5.38. The van der Waals surface area contributed by atoms with Crippen LogP contribution in [-0.2, 0) is 12.8 Å². The molecule has 1 saturated carbocycles. The van der Waals surface area contributed by atoms with Crippen molar-refractivity contribution in [2.24, 2.45) is 11.8 Å². The predicted octanol–water partition coefficient (Wildman–Crippen LogP) is 7.91. The molecule has 1 heterocycles. The minimum atomic E-state index is -1.06. The number of hydrogen-bond acceptors (Lipinski definition) is 6. The van der Waals surface area contributed by atoms with Gasteiger partial charge in [-0.3, -0.25) is 0 Å². The predicted molar refractivity (Wildman–Crippen MR) is 231 cm³/mol. The van der Waals surface area contributed by atoms with Crippen molar-refractivity contribution in [2.45, 2.75) is 38.2 Å². The fourth-order valence-corrected chi connectivity index (χ4v) is 13.2. The molecule has 8 rings (SSSR count). The molecular formula is C48H48O6P2. The van der Waals surface area contributed by atoms with E-state index >= 15 is 0 Å². The highest BCUT2D eigenvalue weighted by molar-refractivity contribution is 7.80. The number of para-hydroxylation sites is 2. The minimum absolute atomic E-state index is 0.0497. The van der Waals surface area contributed by atoms with Crippen LogP contribution >= 0.6 is 15.8 Å². The molecule has 1 N–H and O–H groups in total. The first-order valence-electron chi connectivity index (χ1n) is 19.2. The summed E-state index contributed by atoms with van der Waals surface area (Å²) in [5, 5.41) is 19.1. The standard InChI is InChI=1S/C48H48O6P2/c1-50-36-14-22-40(23-15-36)55(41-24-16-37(51-2)17-25-41)44-12-6-8-32(46(44)49)30-33-9-5-10-34-31-35-11-7-13-45(48(35)54-47(33)34)56(42-26-18-38(52-3)19-27-42)43-28-20-39(53-4)21-29-43/h6-8,11-29,33-34,47,49H,5,9-10,30-31H2,1-4H3/t33-,34?,47?/m0/s1. The molecule has 8 heteroatoms. The van der Waals surface area contributed by atoms with Crippen LogP contribution in [0, 0.1) is 11.8 Å². The summed E-state index contributed by atoms with van der Waals surface area (Å²) in [4.78, 5) is 0. The second-order valence-corrected chi connectivity index (χ2v) is 18.8. The summed E-state index contributed by atoms with van der Waals surface area (Å²) in [6.45, 7) is 0. The number of phenolic OH excluding ortho intramolecular Hbond substituents is 1. The number of methoxy groups -OCH3 is 4. The van der Waals surface area contributed by atoms with Gasteiger partial charge in [-0.2, -0.15) is 0 Å². The van der Waals surface area contributed by atoms with Gasteiger partial charge in [0.25, 0.3) is 0 Å². The summed E-state index contributed by atoms with van der Waals surface area (Å²) >= 11 is 0. The maximum Gasteiger partial charge on any atom is 0.131 e. The Morgan fingerprint density at radius 1 is 0.554 bits per heavy atom. The normalized spacial score (nSPS) is 17.4. The van der Waals surface area contributed by atoms with Gasteiger partial charge in [0.1, 0.15) is 40.6 Å². The number of benzene rings is 6. The maximum absolute atomic E-state index is 12.2. The second-order valence-electron chi connectivity index (χ2n) is 14.5. The zero-order chi connectivity index (χ0) is 38.6. The van der Waals surface area contributed by atoms with Crippen molar-refractivity contribution in [3.63, 3.8) is 0 Å². The van der Waals surface area contributed by atoms with E-state index in [4.69, 9.17) is 23.7 Å². The third-order valence-corrected chi connectivity index (χ3v) is 16.2. The Labute approximate surface area is 332 Å². The van der Waals surface area contributed by atoms with Crippen LogP contribution in [0.4, 0.5) is 0 Å². The van der Waals surface area contributed by atoms with E-state index in [1.807, 2.05) is 48.5 Å². The molecule has 0 saturated heterocycles. The first kappa shape index (κ1) is 37.9. The molecule has 1 aliphatic heterocycles. The fraction of sp³-hybridized carbons (Fsp3) is 0.250. The Bertz CT molecular complexity index is 2140. The molecule has 2 unspecified atom stereocenters. The Morgan fingerprint density at radius 2 is 1.00 bits per heavy atom. The van der Waals surface area contributed by atoms with Crippen molar-refractivity contribution in [1.29, 1.82) is 0 Å². The van der Waals surface area contributed by atoms with Crippen LogP contribution in [0.25, 0.3) is 0 Å². The van der Waals surface area contributed by atoms with Gasteiger partial charge in [-0.15, -0.1) is 0 Å². The molecule has 1 aliphatic carbocycles. The fourth-order valence-electron chi connectivity index (χ4n) is 8.43. The van der Waals surface area contributed by atoms with Gasteiger partial charge in [-0.25, -0.2) is 0 Å². The van der Waals surface area contributed by atoms with Crippen LogP contribution in [-0.4, -0.2) is 39.6 Å². The van der Waals surface area contributed by atoms with E-state index in [1.54, 1.807) is 28.4 Å². The van der Waals surface area contributed by atoms with Crippen LogP contribution in [0.2, 0.25) is 0 Å². The smallest absolute Gasteiger partial charge is 0.131 e. The summed E-state index contributed by atoms with van der Waals surface area (Å²) in [6.07, 6.45) is 5.14. The molecule has 3 atom stereocenters. The summed E-state index contributed by atoms with van der Waals surface area (Å²) in [5.41, 5.74) is 2.26. The molecule has 0 amide bonds. The van der Waals surface area contributed by atoms with Gasteiger partial charge in [0.15, 0.2) is 0 Å². The molecule has 6 aromatic rings. The van der Waals surface area contributed by atoms with Crippen LogP contribution in [0.5, 0.6) is 34.5 Å². The molecule has 6 aromatic carbocycles. The van der Waals surface area contributed by atoms with Gasteiger partial charge < -0.3 is 28.8 Å². The molecule has 0 bridgehead atoms. The van der Waals surface area contributed by atoms with Gasteiger partial charge in [0, 0.05) is 22.4 Å². The molecule has 0 radical (unpaired) electrons. The zero-order valence-electron chi connectivity index (χ0n) is 32.4. The highest BCUT2D eigenvalue weighted by Crippen LogP contribution is 2.47. The number of fused-ring (bicyclic) bond motifs is 2. The maximum atomic E-state index is 12.2. The molecule has 1 fully saturated rings. The van der Waals surface area contributed by atoms with Crippen LogP contribution in [0.1, 0.15) is 30.4 Å². The van der Waals surface area contributed by atoms with E-state index in [9.17, 15) is 5.11 Å². The zero-order valence-corrected chi connectivity index (χ0v) is 34.1. The molecule has 2 aliphatic rings. The monoisotopic (exact) mass is 782 g/mol. The Balaban J connectivity index is 1.13. The van der Waals surface area contributed by atoms with Crippen molar-refractivity contribution in [2.75, 3.05) is 28.4 Å². The average Bonchev–Trinajstić information content (AvgIpc) is 3.25. The van der Waals surface area contributed by atoms with Crippen molar-refractivity contribution in [1.82, 2.24) is 0 Å². The number of aromatic hydroxyl groups is 1. The molecule has 0 spiro atoms. The number of phenols is 1. The van der Waals surface area contributed by atoms with Gasteiger partial charge >= 0.3 is 0 Å². The van der Waals surface area contributed by atoms with Gasteiger partial charge in [-0.05, 0) is 122 Å². The number of hydrogen-bond donors (Lipinski definition) is 1. The minimum Gasteiger partial charge on any atom is -0.507 e. The largest absolute Gasteiger partial charge is 0.507 e. The Morgan fingerprint density at radius 3 is 1.48 bits per heavy atom. The lowest BCUT2D eigenvalue weighted by Crippen LogP contribution is -2.44. The van der Waals surface area contributed by atoms with Gasteiger partial charge in [0.05, 0.1) is 28.4 Å². The summed E-state index contributed by atoms with van der Waals surface area (Å²) in [6, 6.07) is 46.4. The van der Waals surface area contributed by atoms with Gasteiger partial charge in [0.2, 0.25) is 0 Å². The molecule has 56 heavy (non-hydrogen) atoms. The van der Waals surface area contributed by atoms with Crippen LogP contribution in [0.15, 0.2) is 133 Å². The van der Waals surface area contributed by atoms with E-state index in [0.717, 1.165) is 82.3 Å². The Hall–Kier alpha value is -5.02. The quantitative estimate of drug-likeness (QED) is 0.128. The SMILES string of the molecule is COc1ccc(P(c2ccc(OC)cc2)c2cccc(C[C@@H]3CCCC4Cc5cccc(P(c6ccc(OC)cc6)c6ccc(OC)cc6)c5OC43)c2O)cc1. The molecule has 286 valence electrons. The summed E-state index contributed by atoms with van der Waals surface area (Å²) in [7, 11) is 4.78. The molecular weight excluding hydrogens is 734 g/mol. The lowest BCUT2D eigenvalue weighted by Gasteiger charge is -2.43. The van der Waals surface area contributed by atoms with Crippen molar-refractivity contribution >= 4 is 47.7 Å². The lowest BCUT2D eigenvalue weighted by atomic mass is 9.72. The van der Waals surface area contributed by atoms with Crippen LogP contribution < -0.4 is 55.5 Å². The van der Waals surface area contributed by atoms with Crippen molar-refractivity contribution in [3.05, 3.63) is 145 Å². The third kappa shape index (κ3) is 7.70. The number of rotatable bonds is 12. The lowest BCUT2D eigenvalue weighted by molar-refractivity contribution is 0.0253. The highest BCUT2D eigenvalue weighted by atomic mass is 31.1. The molecule has 6 nitrogen and oxygen atoms in total. The first-order valence-corrected chi connectivity index (χ1v) is 21.9. The molecule has 0 aromatic heterocycles. The summed E-state index contributed by atoms with van der Waals surface area (Å²) < 4.78 is 29.4. The van der Waals surface area contributed by atoms with Crippen LogP contribution in [0.3, 0.4) is 0 Å². The van der Waals surface area contributed by atoms with Crippen molar-refractivity contribution < 1.29 is 28.8 Å². The Kier molecular flexibility index (Phi) is 11.5. The third-order valence-electron chi connectivity index (χ3n) is 11.3. The van der Waals surface area contributed by atoms with E-state index in [2.05, 4.69) is 84.9 Å². The average molecular weight is 783 g/mol. The second kappa shape index (κ2) is 17.0. The van der Waals surface area contributed by atoms with E-state index < -0.39 is 15.8 Å². The van der Waals surface area contributed by atoms with Crippen molar-refractivity contribution in [3.8, 4) is 34.5 Å².